The van der Waals surface area contributed by atoms with E-state index < -0.39 is 5.60 Å². The van der Waals surface area contributed by atoms with Crippen LogP contribution in [0.3, 0.4) is 0 Å². The molecule has 0 saturated heterocycles. The minimum atomic E-state index is -0.879. The van der Waals surface area contributed by atoms with Crippen LogP contribution < -0.4 is 0 Å². The van der Waals surface area contributed by atoms with Crippen molar-refractivity contribution in [3.8, 4) is 0 Å². The lowest BCUT2D eigenvalue weighted by Crippen LogP contribution is -2.37. The van der Waals surface area contributed by atoms with E-state index in [1.165, 1.54) is 0 Å². The van der Waals surface area contributed by atoms with Gasteiger partial charge in [-0.05, 0) is 35.2 Å². The van der Waals surface area contributed by atoms with Crippen LogP contribution in [0.25, 0.3) is 0 Å². The number of methoxy groups -OCH3 is 1. The predicted molar refractivity (Wildman–Crippen MR) is 61.9 cm³/mol. The third kappa shape index (κ3) is 2.01. The van der Waals surface area contributed by atoms with Gasteiger partial charge in [-0.2, -0.15) is 0 Å². The average Bonchev–Trinajstić information content (AvgIpc) is 2.59. The average molecular weight is 290 g/mol. The summed E-state index contributed by atoms with van der Waals surface area (Å²) in [5.74, 6) is 0. The van der Waals surface area contributed by atoms with Crippen LogP contribution >= 0.6 is 15.9 Å². The van der Waals surface area contributed by atoms with E-state index in [0.29, 0.717) is 11.0 Å². The number of hydrogen-bond donors (Lipinski definition) is 1. The molecule has 5 nitrogen and oxygen atoms in total. The Bertz CT molecular complexity index is 363. The summed E-state index contributed by atoms with van der Waals surface area (Å²) in [6, 6.07) is 0. The highest BCUT2D eigenvalue weighted by molar-refractivity contribution is 9.10. The Morgan fingerprint density at radius 3 is 2.94 bits per heavy atom. The lowest BCUT2D eigenvalue weighted by Gasteiger charge is -2.36. The monoisotopic (exact) mass is 289 g/mol. The Morgan fingerprint density at radius 1 is 1.62 bits per heavy atom. The summed E-state index contributed by atoms with van der Waals surface area (Å²) in [5.41, 5.74) is -0.134. The molecule has 0 radical (unpaired) electrons. The standard InChI is InChI=1S/C10H16BrN3O2/c1-14-8(9(11)12-13-14)10(15)5-3-4-7(6-10)16-2/h7,15H,3-6H2,1-2H3. The van der Waals surface area contributed by atoms with Gasteiger partial charge in [-0.15, -0.1) is 5.10 Å². The Hall–Kier alpha value is -0.460. The van der Waals surface area contributed by atoms with Crippen LogP contribution in [0.2, 0.25) is 0 Å². The van der Waals surface area contributed by atoms with Crippen LogP contribution in [0.5, 0.6) is 0 Å². The summed E-state index contributed by atoms with van der Waals surface area (Å²) in [4.78, 5) is 0. The second-order valence-corrected chi connectivity index (χ2v) is 5.09. The van der Waals surface area contributed by atoms with Gasteiger partial charge in [0, 0.05) is 20.6 Å². The molecule has 1 aromatic heterocycles. The van der Waals surface area contributed by atoms with Gasteiger partial charge in [-0.1, -0.05) is 5.21 Å². The normalized spacial score (nSPS) is 30.6. The van der Waals surface area contributed by atoms with Crippen molar-refractivity contribution < 1.29 is 9.84 Å². The number of aryl methyl sites for hydroxylation is 1. The smallest absolute Gasteiger partial charge is 0.154 e. The van der Waals surface area contributed by atoms with E-state index in [4.69, 9.17) is 4.74 Å². The molecule has 1 aromatic rings. The number of aliphatic hydroxyl groups is 1. The molecule has 2 unspecified atom stereocenters. The minimum Gasteiger partial charge on any atom is -0.383 e. The number of rotatable bonds is 2. The highest BCUT2D eigenvalue weighted by Gasteiger charge is 2.40. The summed E-state index contributed by atoms with van der Waals surface area (Å²) in [6.07, 6.45) is 3.39. The molecule has 1 aliphatic rings. The van der Waals surface area contributed by atoms with Gasteiger partial charge in [0.1, 0.15) is 11.3 Å². The van der Waals surface area contributed by atoms with Crippen LogP contribution in [0.1, 0.15) is 31.4 Å². The molecule has 1 heterocycles. The van der Waals surface area contributed by atoms with Crippen LogP contribution in [0.4, 0.5) is 0 Å². The third-order valence-corrected chi connectivity index (χ3v) is 3.78. The number of halogens is 1. The largest absolute Gasteiger partial charge is 0.383 e. The van der Waals surface area contributed by atoms with Gasteiger partial charge < -0.3 is 9.84 Å². The van der Waals surface area contributed by atoms with Crippen molar-refractivity contribution in [1.82, 2.24) is 15.0 Å². The molecule has 16 heavy (non-hydrogen) atoms. The third-order valence-electron chi connectivity index (χ3n) is 3.24. The van der Waals surface area contributed by atoms with Crippen molar-refractivity contribution in [2.75, 3.05) is 7.11 Å². The van der Waals surface area contributed by atoms with Gasteiger partial charge in [0.25, 0.3) is 0 Å². The number of aromatic nitrogens is 3. The molecule has 1 aliphatic carbocycles. The van der Waals surface area contributed by atoms with Gasteiger partial charge >= 0.3 is 0 Å². The first kappa shape index (κ1) is 12.0. The van der Waals surface area contributed by atoms with Gasteiger partial charge in [-0.25, -0.2) is 4.68 Å². The topological polar surface area (TPSA) is 60.2 Å². The molecule has 0 aliphatic heterocycles. The number of hydrogen-bond acceptors (Lipinski definition) is 4. The van der Waals surface area contributed by atoms with Crippen LogP contribution in [0.15, 0.2) is 4.60 Å². The van der Waals surface area contributed by atoms with Crippen molar-refractivity contribution >= 4 is 15.9 Å². The van der Waals surface area contributed by atoms with Crippen molar-refractivity contribution in [2.24, 2.45) is 7.05 Å². The molecule has 0 aromatic carbocycles. The molecule has 0 spiro atoms. The van der Waals surface area contributed by atoms with E-state index in [0.717, 1.165) is 25.0 Å². The highest BCUT2D eigenvalue weighted by Crippen LogP contribution is 2.39. The lowest BCUT2D eigenvalue weighted by molar-refractivity contribution is -0.0681. The summed E-state index contributed by atoms with van der Waals surface area (Å²) in [6.45, 7) is 0. The maximum absolute atomic E-state index is 10.7. The summed E-state index contributed by atoms with van der Waals surface area (Å²) in [7, 11) is 3.48. The van der Waals surface area contributed by atoms with Crippen molar-refractivity contribution in [3.63, 3.8) is 0 Å². The van der Waals surface area contributed by atoms with Gasteiger partial charge in [0.15, 0.2) is 4.60 Å². The van der Waals surface area contributed by atoms with Crippen LogP contribution in [-0.4, -0.2) is 33.3 Å². The fourth-order valence-electron chi connectivity index (χ4n) is 2.44. The fourth-order valence-corrected chi connectivity index (χ4v) is 3.14. The van der Waals surface area contributed by atoms with E-state index in [9.17, 15) is 5.11 Å². The van der Waals surface area contributed by atoms with E-state index >= 15 is 0 Å². The van der Waals surface area contributed by atoms with Crippen molar-refractivity contribution in [2.45, 2.75) is 37.4 Å². The zero-order valence-electron chi connectivity index (χ0n) is 9.48. The summed E-state index contributed by atoms with van der Waals surface area (Å²) in [5, 5.41) is 18.5. The molecule has 2 atom stereocenters. The highest BCUT2D eigenvalue weighted by atomic mass is 79.9. The van der Waals surface area contributed by atoms with Crippen LogP contribution in [0, 0.1) is 0 Å². The summed E-state index contributed by atoms with van der Waals surface area (Å²) < 4.78 is 7.59. The van der Waals surface area contributed by atoms with E-state index in [2.05, 4.69) is 26.2 Å². The predicted octanol–water partition coefficient (Wildman–Crippen LogP) is 1.35. The van der Waals surface area contributed by atoms with Gasteiger partial charge in [0.05, 0.1) is 6.10 Å². The molecule has 6 heteroatoms. The summed E-state index contributed by atoms with van der Waals surface area (Å²) >= 11 is 3.33. The zero-order valence-corrected chi connectivity index (χ0v) is 11.1. The SMILES string of the molecule is COC1CCCC(O)(c2c(Br)nnn2C)C1. The van der Waals surface area contributed by atoms with E-state index in [1.807, 2.05) is 0 Å². The quantitative estimate of drug-likeness (QED) is 0.893. The number of nitrogens with zero attached hydrogens (tertiary/aromatic N) is 3. The molecule has 2 rings (SSSR count). The molecular formula is C10H16BrN3O2. The second-order valence-electron chi connectivity index (χ2n) is 4.34. The Labute approximate surface area is 103 Å². The molecule has 0 amide bonds. The van der Waals surface area contributed by atoms with E-state index in [-0.39, 0.29) is 6.10 Å². The molecule has 1 fully saturated rings. The van der Waals surface area contributed by atoms with Crippen molar-refractivity contribution in [1.29, 1.82) is 0 Å². The minimum absolute atomic E-state index is 0.112. The Balaban J connectivity index is 2.31. The Morgan fingerprint density at radius 2 is 2.38 bits per heavy atom. The molecule has 0 bridgehead atoms. The second kappa shape index (κ2) is 4.43. The molecule has 90 valence electrons. The lowest BCUT2D eigenvalue weighted by atomic mass is 9.81. The van der Waals surface area contributed by atoms with Crippen LogP contribution in [-0.2, 0) is 17.4 Å². The molecule has 1 saturated carbocycles. The Kier molecular flexibility index (Phi) is 3.32. The fraction of sp³-hybridized carbons (Fsp3) is 0.800. The number of ether oxygens (including phenoxy) is 1. The first-order valence-corrected chi connectivity index (χ1v) is 6.17. The molecule has 1 N–H and O–H groups in total. The van der Waals surface area contributed by atoms with E-state index in [1.54, 1.807) is 18.8 Å². The molecular weight excluding hydrogens is 274 g/mol. The maximum atomic E-state index is 10.7. The van der Waals surface area contributed by atoms with Gasteiger partial charge in [0.2, 0.25) is 0 Å². The zero-order chi connectivity index (χ0) is 11.8. The van der Waals surface area contributed by atoms with Crippen molar-refractivity contribution in [3.05, 3.63) is 10.3 Å². The first-order chi connectivity index (χ1) is 7.57. The first-order valence-electron chi connectivity index (χ1n) is 5.37. The van der Waals surface area contributed by atoms with Gasteiger partial charge in [-0.3, -0.25) is 0 Å². The maximum Gasteiger partial charge on any atom is 0.154 e.